The van der Waals surface area contributed by atoms with Crippen molar-refractivity contribution < 1.29 is 19.3 Å². The Balaban J connectivity index is 1.95. The van der Waals surface area contributed by atoms with Crippen molar-refractivity contribution >= 4 is 40.0 Å². The summed E-state index contributed by atoms with van der Waals surface area (Å²) in [7, 11) is 1.28. The molecule has 8 nitrogen and oxygen atoms in total. The van der Waals surface area contributed by atoms with E-state index in [0.29, 0.717) is 22.0 Å². The summed E-state index contributed by atoms with van der Waals surface area (Å²) in [5.41, 5.74) is 0.478. The molecule has 0 fully saturated rings. The summed E-state index contributed by atoms with van der Waals surface area (Å²) < 4.78 is 10.1. The molecule has 0 spiro atoms. The molecule has 1 N–H and O–H groups in total. The summed E-state index contributed by atoms with van der Waals surface area (Å²) in [5, 5.41) is 25.4. The van der Waals surface area contributed by atoms with Crippen LogP contribution in [-0.4, -0.2) is 27.3 Å². The second kappa shape index (κ2) is 7.65. The number of halogens is 2. The Labute approximate surface area is 162 Å². The molecule has 0 saturated heterocycles. The van der Waals surface area contributed by atoms with Crippen LogP contribution in [0.2, 0.25) is 5.02 Å². The Morgan fingerprint density at radius 1 is 1.33 bits per heavy atom. The second-order valence-corrected chi connectivity index (χ2v) is 6.11. The number of nitro benzene ring substituents is 1. The number of nitrogens with zero attached hydrogens (tertiary/aromatic N) is 3. The van der Waals surface area contributed by atoms with Gasteiger partial charge in [0.05, 0.1) is 12.0 Å². The van der Waals surface area contributed by atoms with Gasteiger partial charge >= 0.3 is 5.69 Å². The largest absolute Gasteiger partial charge is 0.500 e. The highest BCUT2D eigenvalue weighted by Gasteiger charge is 2.20. The molecule has 0 amide bonds. The minimum Gasteiger partial charge on any atom is -0.500 e. The molecule has 0 aliphatic heterocycles. The molecule has 0 atom stereocenters. The fraction of sp³-hybridized carbons (Fsp3) is 0.0588. The van der Waals surface area contributed by atoms with Crippen molar-refractivity contribution in [3.8, 4) is 22.9 Å². The number of aromatic nitrogens is 2. The molecule has 0 saturated carbocycles. The maximum absolute atomic E-state index is 11.1. The van der Waals surface area contributed by atoms with Crippen LogP contribution in [0.1, 0.15) is 11.5 Å². The summed E-state index contributed by atoms with van der Waals surface area (Å²) in [6, 6.07) is 9.36. The lowest BCUT2D eigenvalue weighted by Gasteiger charge is -2.05. The van der Waals surface area contributed by atoms with Gasteiger partial charge in [0.25, 0.3) is 5.89 Å². The van der Waals surface area contributed by atoms with Gasteiger partial charge in [0.1, 0.15) is 5.03 Å². The van der Waals surface area contributed by atoms with E-state index >= 15 is 0 Å². The van der Waals surface area contributed by atoms with Crippen LogP contribution in [0.25, 0.3) is 22.5 Å². The summed E-state index contributed by atoms with van der Waals surface area (Å²) in [6.07, 6.45) is 1.38. The van der Waals surface area contributed by atoms with Crippen molar-refractivity contribution in [1.82, 2.24) is 10.1 Å². The van der Waals surface area contributed by atoms with Crippen molar-refractivity contribution in [2.75, 3.05) is 7.11 Å². The number of methoxy groups -OCH3 is 1. The SMILES string of the molecule is COc1cc(/C=C(\Cl)c2nc(-c3ccc(Cl)cc3)no2)cc([N+](=O)[O-])c1O. The van der Waals surface area contributed by atoms with E-state index < -0.39 is 16.4 Å². The van der Waals surface area contributed by atoms with Crippen LogP contribution >= 0.6 is 23.2 Å². The zero-order valence-corrected chi connectivity index (χ0v) is 15.2. The zero-order valence-electron chi connectivity index (χ0n) is 13.7. The van der Waals surface area contributed by atoms with Gasteiger partial charge in [-0.3, -0.25) is 10.1 Å². The van der Waals surface area contributed by atoms with Crippen molar-refractivity contribution in [3.63, 3.8) is 0 Å². The number of phenolic OH excluding ortho intramolecular Hbond substituents is 1. The van der Waals surface area contributed by atoms with Gasteiger partial charge in [-0.2, -0.15) is 4.98 Å². The van der Waals surface area contributed by atoms with Crippen LogP contribution in [-0.2, 0) is 0 Å². The fourth-order valence-corrected chi connectivity index (χ4v) is 2.57. The average Bonchev–Trinajstić information content (AvgIpc) is 3.13. The van der Waals surface area contributed by atoms with Crippen molar-refractivity contribution in [2.45, 2.75) is 0 Å². The van der Waals surface area contributed by atoms with Gasteiger partial charge < -0.3 is 14.4 Å². The summed E-state index contributed by atoms with van der Waals surface area (Å²) in [6.45, 7) is 0. The monoisotopic (exact) mass is 407 g/mol. The molecule has 3 rings (SSSR count). The lowest BCUT2D eigenvalue weighted by atomic mass is 10.1. The predicted molar refractivity (Wildman–Crippen MR) is 99.8 cm³/mol. The summed E-state index contributed by atoms with van der Waals surface area (Å²) >= 11 is 12.1. The number of hydrogen-bond donors (Lipinski definition) is 1. The van der Waals surface area contributed by atoms with Crippen LogP contribution in [0.4, 0.5) is 5.69 Å². The molecule has 138 valence electrons. The van der Waals surface area contributed by atoms with Gasteiger partial charge in [-0.1, -0.05) is 28.4 Å². The smallest absolute Gasteiger partial charge is 0.315 e. The predicted octanol–water partition coefficient (Wildman–Crippen LogP) is 4.75. The molecular weight excluding hydrogens is 397 g/mol. The average molecular weight is 408 g/mol. The maximum Gasteiger partial charge on any atom is 0.315 e. The number of benzene rings is 2. The Morgan fingerprint density at radius 2 is 2.04 bits per heavy atom. The molecule has 0 radical (unpaired) electrons. The molecule has 1 heterocycles. The number of nitro groups is 1. The minimum atomic E-state index is -0.728. The molecule has 0 unspecified atom stereocenters. The standard InChI is InChI=1S/C17H11Cl2N3O5/c1-26-14-8-9(7-13(15(14)23)22(24)25)6-12(19)17-20-16(21-27-17)10-2-4-11(18)5-3-10/h2-8,23H,1H3/b12-6-. The molecule has 27 heavy (non-hydrogen) atoms. The molecule has 0 bridgehead atoms. The van der Waals surface area contributed by atoms with E-state index in [4.69, 9.17) is 32.5 Å². The Kier molecular flexibility index (Phi) is 5.29. The number of aromatic hydroxyl groups is 1. The Bertz CT molecular complexity index is 1030. The van der Waals surface area contributed by atoms with E-state index in [2.05, 4.69) is 10.1 Å². The second-order valence-electron chi connectivity index (χ2n) is 5.27. The number of hydrogen-bond acceptors (Lipinski definition) is 7. The third-order valence-corrected chi connectivity index (χ3v) is 4.04. The van der Waals surface area contributed by atoms with E-state index in [0.717, 1.165) is 6.07 Å². The molecular formula is C17H11Cl2N3O5. The van der Waals surface area contributed by atoms with Gasteiger partial charge in [0.2, 0.25) is 11.6 Å². The number of phenols is 1. The fourth-order valence-electron chi connectivity index (χ4n) is 2.24. The van der Waals surface area contributed by atoms with Gasteiger partial charge in [0, 0.05) is 16.7 Å². The molecule has 10 heteroatoms. The van der Waals surface area contributed by atoms with E-state index in [1.807, 2.05) is 0 Å². The first-order valence-electron chi connectivity index (χ1n) is 7.41. The van der Waals surface area contributed by atoms with Gasteiger partial charge in [-0.05, 0) is 42.0 Å². The van der Waals surface area contributed by atoms with Crippen LogP contribution in [0, 0.1) is 10.1 Å². The van der Waals surface area contributed by atoms with Crippen molar-refractivity contribution in [3.05, 3.63) is 63.0 Å². The molecule has 0 aliphatic rings. The third-order valence-electron chi connectivity index (χ3n) is 3.52. The highest BCUT2D eigenvalue weighted by molar-refractivity contribution is 6.50. The minimum absolute atomic E-state index is 0.0244. The molecule has 0 aliphatic carbocycles. The quantitative estimate of drug-likeness (QED) is 0.479. The zero-order chi connectivity index (χ0) is 19.6. The van der Waals surface area contributed by atoms with Gasteiger partial charge in [-0.25, -0.2) is 0 Å². The van der Waals surface area contributed by atoms with E-state index in [1.165, 1.54) is 19.3 Å². The first kappa shape index (κ1) is 18.7. The van der Waals surface area contributed by atoms with Gasteiger partial charge in [0.15, 0.2) is 5.75 Å². The number of ether oxygens (including phenoxy) is 1. The van der Waals surface area contributed by atoms with E-state index in [-0.39, 0.29) is 16.7 Å². The van der Waals surface area contributed by atoms with Crippen molar-refractivity contribution in [1.29, 1.82) is 0 Å². The van der Waals surface area contributed by atoms with Crippen LogP contribution in [0.15, 0.2) is 40.9 Å². The Morgan fingerprint density at radius 3 is 2.67 bits per heavy atom. The maximum atomic E-state index is 11.1. The first-order valence-corrected chi connectivity index (χ1v) is 8.17. The van der Waals surface area contributed by atoms with Crippen LogP contribution < -0.4 is 4.74 Å². The lowest BCUT2D eigenvalue weighted by molar-refractivity contribution is -0.386. The highest BCUT2D eigenvalue weighted by atomic mass is 35.5. The van der Waals surface area contributed by atoms with Crippen LogP contribution in [0.5, 0.6) is 11.5 Å². The third kappa shape index (κ3) is 4.02. The molecule has 2 aromatic carbocycles. The van der Waals surface area contributed by atoms with Crippen LogP contribution in [0.3, 0.4) is 0 Å². The number of rotatable bonds is 5. The summed E-state index contributed by atoms with van der Waals surface area (Å²) in [5.74, 6) is -0.301. The van der Waals surface area contributed by atoms with Crippen molar-refractivity contribution in [2.24, 2.45) is 0 Å². The van der Waals surface area contributed by atoms with E-state index in [1.54, 1.807) is 24.3 Å². The molecule has 1 aromatic heterocycles. The summed E-state index contributed by atoms with van der Waals surface area (Å²) in [4.78, 5) is 14.5. The molecule has 3 aromatic rings. The topological polar surface area (TPSA) is 112 Å². The Hall–Kier alpha value is -3.10. The van der Waals surface area contributed by atoms with Gasteiger partial charge in [-0.15, -0.1) is 0 Å². The lowest BCUT2D eigenvalue weighted by Crippen LogP contribution is -1.93. The first-order chi connectivity index (χ1) is 12.9. The normalized spacial score (nSPS) is 11.4. The van der Waals surface area contributed by atoms with E-state index in [9.17, 15) is 15.2 Å². The highest BCUT2D eigenvalue weighted by Crippen LogP contribution is 2.38.